The molecule has 1 heterocycles. The topological polar surface area (TPSA) is 104 Å². The van der Waals surface area contributed by atoms with Crippen molar-refractivity contribution in [2.75, 3.05) is 6.61 Å². The standard InChI is InChI=1S/C17H17NO5S2/c1-10-7-15(25(18,21)22)24-16(10)17(20)23-9-14(19)13-6-5-11-3-2-4-12(11)8-13/h5-8H,2-4,9H2,1H3,(H2,18,21,22). The maximum Gasteiger partial charge on any atom is 0.349 e. The van der Waals surface area contributed by atoms with Crippen molar-refractivity contribution in [1.82, 2.24) is 0 Å². The van der Waals surface area contributed by atoms with Crippen LogP contribution in [0, 0.1) is 6.92 Å². The SMILES string of the molecule is Cc1cc(S(N)(=O)=O)sc1C(=O)OCC(=O)c1ccc2c(c1)CCC2. The van der Waals surface area contributed by atoms with Gasteiger partial charge in [0, 0.05) is 5.56 Å². The predicted octanol–water partition coefficient (Wildman–Crippen LogP) is 2.23. The van der Waals surface area contributed by atoms with Crippen LogP contribution in [0.5, 0.6) is 0 Å². The highest BCUT2D eigenvalue weighted by Gasteiger charge is 2.21. The van der Waals surface area contributed by atoms with Crippen molar-refractivity contribution in [1.29, 1.82) is 0 Å². The van der Waals surface area contributed by atoms with Gasteiger partial charge in [-0.15, -0.1) is 11.3 Å². The summed E-state index contributed by atoms with van der Waals surface area (Å²) in [6, 6.07) is 6.86. The molecule has 0 fully saturated rings. The highest BCUT2D eigenvalue weighted by Crippen LogP contribution is 2.26. The third-order valence-electron chi connectivity index (χ3n) is 4.12. The number of hydrogen-bond donors (Lipinski definition) is 1. The predicted molar refractivity (Wildman–Crippen MR) is 93.5 cm³/mol. The average Bonchev–Trinajstić information content (AvgIpc) is 3.17. The average molecular weight is 379 g/mol. The molecule has 0 amide bonds. The molecular weight excluding hydrogens is 362 g/mol. The molecule has 6 nitrogen and oxygen atoms in total. The minimum Gasteiger partial charge on any atom is -0.453 e. The van der Waals surface area contributed by atoms with Crippen LogP contribution in [0.4, 0.5) is 0 Å². The molecule has 0 aliphatic heterocycles. The second-order valence-electron chi connectivity index (χ2n) is 5.96. The normalized spacial score (nSPS) is 13.5. The molecule has 0 unspecified atom stereocenters. The highest BCUT2D eigenvalue weighted by atomic mass is 32.2. The van der Waals surface area contributed by atoms with Gasteiger partial charge in [0.15, 0.2) is 12.4 Å². The van der Waals surface area contributed by atoms with Crippen molar-refractivity contribution in [3.63, 3.8) is 0 Å². The van der Waals surface area contributed by atoms with E-state index in [1.165, 1.54) is 17.2 Å². The van der Waals surface area contributed by atoms with Gasteiger partial charge in [-0.2, -0.15) is 0 Å². The van der Waals surface area contributed by atoms with Crippen LogP contribution in [0.25, 0.3) is 0 Å². The summed E-state index contributed by atoms with van der Waals surface area (Å²) >= 11 is 0.740. The Morgan fingerprint density at radius 1 is 1.20 bits per heavy atom. The van der Waals surface area contributed by atoms with Crippen molar-refractivity contribution >= 4 is 33.1 Å². The molecule has 132 valence electrons. The molecule has 2 aromatic rings. The molecule has 1 aliphatic carbocycles. The number of Topliss-reactive ketones (excluding diaryl/α,β-unsaturated/α-hetero) is 1. The number of thiophene rings is 1. The summed E-state index contributed by atoms with van der Waals surface area (Å²) in [6.07, 6.45) is 3.08. The van der Waals surface area contributed by atoms with E-state index in [4.69, 9.17) is 9.88 Å². The first-order valence-corrected chi connectivity index (χ1v) is 10.1. The van der Waals surface area contributed by atoms with Crippen molar-refractivity contribution < 1.29 is 22.7 Å². The summed E-state index contributed by atoms with van der Waals surface area (Å²) in [5.74, 6) is -1.02. The molecule has 0 spiro atoms. The van der Waals surface area contributed by atoms with E-state index in [0.717, 1.165) is 30.6 Å². The van der Waals surface area contributed by atoms with E-state index in [-0.39, 0.29) is 21.5 Å². The first kappa shape index (κ1) is 17.8. The Morgan fingerprint density at radius 2 is 1.92 bits per heavy atom. The molecule has 3 rings (SSSR count). The summed E-state index contributed by atoms with van der Waals surface area (Å²) in [5, 5.41) is 5.06. The third-order valence-corrected chi connectivity index (χ3v) is 6.75. The number of primary sulfonamides is 1. The summed E-state index contributed by atoms with van der Waals surface area (Å²) < 4.78 is 27.6. The van der Waals surface area contributed by atoms with Crippen molar-refractivity contribution in [3.05, 3.63) is 51.4 Å². The van der Waals surface area contributed by atoms with E-state index in [1.807, 2.05) is 12.1 Å². The number of esters is 1. The molecule has 0 saturated heterocycles. The number of ether oxygens (including phenoxy) is 1. The second-order valence-corrected chi connectivity index (χ2v) is 8.80. The lowest BCUT2D eigenvalue weighted by Crippen LogP contribution is -2.14. The van der Waals surface area contributed by atoms with E-state index in [0.29, 0.717) is 11.1 Å². The second kappa shape index (κ2) is 6.70. The Kier molecular flexibility index (Phi) is 4.77. The summed E-state index contributed by atoms with van der Waals surface area (Å²) in [4.78, 5) is 24.5. The quantitative estimate of drug-likeness (QED) is 0.634. The van der Waals surface area contributed by atoms with E-state index in [1.54, 1.807) is 13.0 Å². The Balaban J connectivity index is 1.68. The third kappa shape index (κ3) is 3.81. The van der Waals surface area contributed by atoms with Crippen LogP contribution in [0.3, 0.4) is 0 Å². The summed E-state index contributed by atoms with van der Waals surface area (Å²) in [7, 11) is -3.87. The fraction of sp³-hybridized carbons (Fsp3) is 0.294. The largest absolute Gasteiger partial charge is 0.453 e. The van der Waals surface area contributed by atoms with E-state index < -0.39 is 16.0 Å². The molecule has 2 N–H and O–H groups in total. The van der Waals surface area contributed by atoms with Gasteiger partial charge in [-0.1, -0.05) is 12.1 Å². The van der Waals surface area contributed by atoms with Gasteiger partial charge in [-0.25, -0.2) is 18.4 Å². The number of hydrogen-bond acceptors (Lipinski definition) is 6. The van der Waals surface area contributed by atoms with Crippen LogP contribution in [0.2, 0.25) is 0 Å². The van der Waals surface area contributed by atoms with Crippen molar-refractivity contribution in [3.8, 4) is 0 Å². The Hall–Kier alpha value is -2.03. The van der Waals surface area contributed by atoms with Crippen LogP contribution in [-0.4, -0.2) is 26.8 Å². The van der Waals surface area contributed by atoms with Gasteiger partial charge in [0.25, 0.3) is 0 Å². The maximum absolute atomic E-state index is 12.2. The molecule has 0 atom stereocenters. The molecule has 0 radical (unpaired) electrons. The van der Waals surface area contributed by atoms with Crippen molar-refractivity contribution in [2.45, 2.75) is 30.4 Å². The van der Waals surface area contributed by atoms with Crippen LogP contribution < -0.4 is 5.14 Å². The van der Waals surface area contributed by atoms with Crippen LogP contribution >= 0.6 is 11.3 Å². The molecule has 25 heavy (non-hydrogen) atoms. The first-order chi connectivity index (χ1) is 11.8. The Labute approximate surface area is 149 Å². The maximum atomic E-state index is 12.2. The van der Waals surface area contributed by atoms with E-state index >= 15 is 0 Å². The zero-order valence-corrected chi connectivity index (χ0v) is 15.2. The number of aryl methyl sites for hydroxylation is 3. The number of carbonyl (C=O) groups is 2. The molecule has 1 aliphatic rings. The number of ketones is 1. The van der Waals surface area contributed by atoms with Gasteiger partial charge in [-0.05, 0) is 55.0 Å². The Morgan fingerprint density at radius 3 is 2.60 bits per heavy atom. The number of benzene rings is 1. The zero-order valence-electron chi connectivity index (χ0n) is 13.6. The lowest BCUT2D eigenvalue weighted by atomic mass is 10.0. The fourth-order valence-electron chi connectivity index (χ4n) is 2.82. The zero-order chi connectivity index (χ0) is 18.2. The van der Waals surface area contributed by atoms with Gasteiger partial charge >= 0.3 is 5.97 Å². The van der Waals surface area contributed by atoms with Crippen LogP contribution in [0.1, 0.15) is 43.1 Å². The lowest BCUT2D eigenvalue weighted by molar-refractivity contribution is 0.0479. The first-order valence-electron chi connectivity index (χ1n) is 7.71. The summed E-state index contributed by atoms with van der Waals surface area (Å²) in [5.41, 5.74) is 3.40. The van der Waals surface area contributed by atoms with Crippen LogP contribution in [0.15, 0.2) is 28.5 Å². The molecule has 0 bridgehead atoms. The molecule has 1 aromatic carbocycles. The minimum atomic E-state index is -3.87. The smallest absolute Gasteiger partial charge is 0.349 e. The monoisotopic (exact) mass is 379 g/mol. The van der Waals surface area contributed by atoms with Gasteiger partial charge in [0.1, 0.15) is 9.09 Å². The summed E-state index contributed by atoms with van der Waals surface area (Å²) in [6.45, 7) is 1.20. The van der Waals surface area contributed by atoms with E-state index in [9.17, 15) is 18.0 Å². The van der Waals surface area contributed by atoms with Gasteiger partial charge in [0.2, 0.25) is 10.0 Å². The lowest BCUT2D eigenvalue weighted by Gasteiger charge is -2.06. The Bertz CT molecular complexity index is 959. The van der Waals surface area contributed by atoms with Crippen molar-refractivity contribution in [2.24, 2.45) is 5.14 Å². The van der Waals surface area contributed by atoms with Gasteiger partial charge in [0.05, 0.1) is 0 Å². The number of fused-ring (bicyclic) bond motifs is 1. The molecule has 1 aromatic heterocycles. The van der Waals surface area contributed by atoms with Gasteiger partial charge in [-0.3, -0.25) is 4.79 Å². The number of rotatable bonds is 5. The fourth-order valence-corrected chi connectivity index (χ4v) is 4.68. The van der Waals surface area contributed by atoms with Crippen LogP contribution in [-0.2, 0) is 27.6 Å². The van der Waals surface area contributed by atoms with E-state index in [2.05, 4.69) is 0 Å². The number of sulfonamides is 1. The van der Waals surface area contributed by atoms with Gasteiger partial charge < -0.3 is 4.74 Å². The minimum absolute atomic E-state index is 0.109. The number of carbonyl (C=O) groups excluding carboxylic acids is 2. The molecular formula is C17H17NO5S2. The number of nitrogens with two attached hydrogens (primary N) is 1. The highest BCUT2D eigenvalue weighted by molar-refractivity contribution is 7.91. The molecule has 0 saturated carbocycles. The molecule has 8 heteroatoms.